The first kappa shape index (κ1) is 28.4. The molecule has 0 fully saturated rings. The van der Waals surface area contributed by atoms with E-state index in [4.69, 9.17) is 4.74 Å². The molecule has 0 aliphatic carbocycles. The first-order chi connectivity index (χ1) is 16.8. The number of halogens is 7. The lowest BCUT2D eigenvalue weighted by Crippen LogP contribution is -2.24. The second kappa shape index (κ2) is 11.1. The summed E-state index contributed by atoms with van der Waals surface area (Å²) >= 11 is 0. The van der Waals surface area contributed by atoms with E-state index in [0.717, 1.165) is 43.5 Å². The standard InChI is InChI=1S/C26H29F7NOP/c1-4-6-7-18-15-35-23(34-18)19-13-17(25(28,29)30)9-11-22(19)36-24(3,12-5-2)16-8-10-20(21(27)14-16)26(31,32)33/h8-11,13-14,18,36H,4-7,12,15H2,1-3H3/t18-,24?/m0/s1. The molecule has 10 heteroatoms. The van der Waals surface area contributed by atoms with Crippen LogP contribution in [0.3, 0.4) is 0 Å². The Bertz CT molecular complexity index is 1100. The zero-order valence-electron chi connectivity index (χ0n) is 20.3. The minimum atomic E-state index is -4.82. The predicted molar refractivity (Wildman–Crippen MR) is 129 cm³/mol. The van der Waals surface area contributed by atoms with Crippen molar-refractivity contribution >= 4 is 19.8 Å². The van der Waals surface area contributed by atoms with E-state index in [9.17, 15) is 30.7 Å². The van der Waals surface area contributed by atoms with Crippen molar-refractivity contribution in [2.45, 2.75) is 76.4 Å². The third-order valence-corrected chi connectivity index (χ3v) is 8.05. The SMILES string of the molecule is CCCC[C@H]1COC(c2cc(C(F)(F)F)ccc2PC(C)(CCC)c2ccc(C(F)(F)F)c(F)c2)=N1. The summed E-state index contributed by atoms with van der Waals surface area (Å²) in [7, 11) is -0.165. The van der Waals surface area contributed by atoms with Crippen LogP contribution >= 0.6 is 8.58 Å². The van der Waals surface area contributed by atoms with Gasteiger partial charge in [-0.3, -0.25) is 0 Å². The van der Waals surface area contributed by atoms with Crippen LogP contribution in [0, 0.1) is 5.82 Å². The van der Waals surface area contributed by atoms with Gasteiger partial charge in [0.15, 0.2) is 0 Å². The van der Waals surface area contributed by atoms with Crippen molar-refractivity contribution in [2.24, 2.45) is 4.99 Å². The third-order valence-electron chi connectivity index (χ3n) is 6.25. The molecule has 2 unspecified atom stereocenters. The number of hydrogen-bond donors (Lipinski definition) is 0. The zero-order chi connectivity index (χ0) is 26.7. The lowest BCUT2D eigenvalue weighted by Gasteiger charge is -2.31. The second-order valence-electron chi connectivity index (χ2n) is 9.20. The van der Waals surface area contributed by atoms with Crippen LogP contribution in [0.4, 0.5) is 30.7 Å². The highest BCUT2D eigenvalue weighted by Crippen LogP contribution is 2.47. The maximum Gasteiger partial charge on any atom is 0.419 e. The maximum absolute atomic E-state index is 14.4. The van der Waals surface area contributed by atoms with Gasteiger partial charge in [0, 0.05) is 10.7 Å². The number of nitrogens with zero attached hydrogens (tertiary/aromatic N) is 1. The molecule has 36 heavy (non-hydrogen) atoms. The summed E-state index contributed by atoms with van der Waals surface area (Å²) in [4.78, 5) is 4.53. The zero-order valence-corrected chi connectivity index (χ0v) is 21.3. The molecule has 198 valence electrons. The molecule has 2 aromatic carbocycles. The molecule has 0 saturated carbocycles. The normalized spacial score (nSPS) is 18.4. The molecule has 0 amide bonds. The molecular formula is C26H29F7NOP. The fraction of sp³-hybridized carbons (Fsp3) is 0.500. The summed E-state index contributed by atoms with van der Waals surface area (Å²) in [6.45, 7) is 5.99. The Balaban J connectivity index is 2.05. The van der Waals surface area contributed by atoms with Crippen LogP contribution < -0.4 is 5.30 Å². The highest BCUT2D eigenvalue weighted by molar-refractivity contribution is 7.48. The molecule has 0 saturated heterocycles. The lowest BCUT2D eigenvalue weighted by molar-refractivity contribution is -0.140. The topological polar surface area (TPSA) is 21.6 Å². The van der Waals surface area contributed by atoms with E-state index in [1.54, 1.807) is 6.92 Å². The number of aliphatic imine (C=N–C) groups is 1. The van der Waals surface area contributed by atoms with E-state index in [0.29, 0.717) is 23.7 Å². The third kappa shape index (κ3) is 6.58. The Kier molecular flexibility index (Phi) is 8.74. The van der Waals surface area contributed by atoms with E-state index in [2.05, 4.69) is 4.99 Å². The molecule has 0 spiro atoms. The second-order valence-corrected chi connectivity index (χ2v) is 11.1. The molecule has 1 heterocycles. The van der Waals surface area contributed by atoms with Gasteiger partial charge in [-0.15, -0.1) is 0 Å². The summed E-state index contributed by atoms with van der Waals surface area (Å²) in [6, 6.07) is 6.09. The summed E-state index contributed by atoms with van der Waals surface area (Å²) in [5, 5.41) is -0.274. The molecule has 1 aliphatic heterocycles. The predicted octanol–water partition coefficient (Wildman–Crippen LogP) is 8.22. The van der Waals surface area contributed by atoms with Crippen LogP contribution in [0.1, 0.15) is 75.1 Å². The van der Waals surface area contributed by atoms with Crippen molar-refractivity contribution in [2.75, 3.05) is 6.61 Å². The first-order valence-electron chi connectivity index (χ1n) is 11.9. The van der Waals surface area contributed by atoms with Gasteiger partial charge >= 0.3 is 12.4 Å². The Labute approximate surface area is 208 Å². The summed E-state index contributed by atoms with van der Waals surface area (Å²) in [6.07, 6.45) is -5.64. The number of unbranched alkanes of at least 4 members (excludes halogenated alkanes) is 1. The van der Waals surface area contributed by atoms with Gasteiger partial charge in [-0.25, -0.2) is 9.38 Å². The summed E-state index contributed by atoms with van der Waals surface area (Å²) in [5.41, 5.74) is -1.62. The van der Waals surface area contributed by atoms with E-state index in [-0.39, 0.29) is 32.7 Å². The average Bonchev–Trinajstić information content (AvgIpc) is 3.25. The Morgan fingerprint density at radius 1 is 0.944 bits per heavy atom. The van der Waals surface area contributed by atoms with Gasteiger partial charge in [0.05, 0.1) is 17.2 Å². The van der Waals surface area contributed by atoms with Gasteiger partial charge < -0.3 is 4.74 Å². The first-order valence-corrected chi connectivity index (χ1v) is 12.9. The quantitative estimate of drug-likeness (QED) is 0.234. The molecule has 3 rings (SSSR count). The van der Waals surface area contributed by atoms with Crippen molar-refractivity contribution in [3.63, 3.8) is 0 Å². The highest BCUT2D eigenvalue weighted by Gasteiger charge is 2.37. The van der Waals surface area contributed by atoms with Gasteiger partial charge in [-0.1, -0.05) is 60.7 Å². The van der Waals surface area contributed by atoms with Crippen LogP contribution in [0.2, 0.25) is 0 Å². The molecule has 1 aliphatic rings. The number of benzene rings is 2. The summed E-state index contributed by atoms with van der Waals surface area (Å²) in [5.74, 6) is -1.23. The summed E-state index contributed by atoms with van der Waals surface area (Å²) < 4.78 is 100.0. The molecule has 3 atom stereocenters. The van der Waals surface area contributed by atoms with Gasteiger partial charge in [-0.2, -0.15) is 26.3 Å². The number of hydrogen-bond acceptors (Lipinski definition) is 2. The smallest absolute Gasteiger partial charge is 0.419 e. The minimum absolute atomic E-state index is 0.141. The fourth-order valence-electron chi connectivity index (χ4n) is 4.32. The number of alkyl halides is 6. The lowest BCUT2D eigenvalue weighted by atomic mass is 9.94. The van der Waals surface area contributed by atoms with Crippen LogP contribution in [0.5, 0.6) is 0 Å². The minimum Gasteiger partial charge on any atom is -0.475 e. The maximum atomic E-state index is 14.4. The van der Waals surface area contributed by atoms with Crippen molar-refractivity contribution < 1.29 is 35.5 Å². The van der Waals surface area contributed by atoms with Crippen molar-refractivity contribution in [1.29, 1.82) is 0 Å². The van der Waals surface area contributed by atoms with E-state index in [1.165, 1.54) is 12.1 Å². The highest BCUT2D eigenvalue weighted by atomic mass is 31.1. The van der Waals surface area contributed by atoms with Crippen LogP contribution in [0.25, 0.3) is 0 Å². The molecular weight excluding hydrogens is 506 g/mol. The van der Waals surface area contributed by atoms with Crippen molar-refractivity contribution in [3.05, 3.63) is 64.5 Å². The fourth-order valence-corrected chi connectivity index (χ4v) is 6.07. The van der Waals surface area contributed by atoms with E-state index < -0.39 is 34.5 Å². The Morgan fingerprint density at radius 3 is 2.22 bits per heavy atom. The van der Waals surface area contributed by atoms with E-state index >= 15 is 0 Å². The van der Waals surface area contributed by atoms with E-state index in [1.807, 2.05) is 13.8 Å². The molecule has 0 aromatic heterocycles. The molecule has 0 bridgehead atoms. The van der Waals surface area contributed by atoms with Gasteiger partial charge in [0.25, 0.3) is 0 Å². The van der Waals surface area contributed by atoms with Crippen molar-refractivity contribution in [1.82, 2.24) is 0 Å². The molecule has 0 radical (unpaired) electrons. The monoisotopic (exact) mass is 535 g/mol. The largest absolute Gasteiger partial charge is 0.475 e. The number of ether oxygens (including phenoxy) is 1. The van der Waals surface area contributed by atoms with Crippen LogP contribution in [-0.4, -0.2) is 18.5 Å². The van der Waals surface area contributed by atoms with Crippen LogP contribution in [-0.2, 0) is 22.2 Å². The Morgan fingerprint density at radius 2 is 1.64 bits per heavy atom. The molecule has 0 N–H and O–H groups in total. The molecule has 2 nitrogen and oxygen atoms in total. The van der Waals surface area contributed by atoms with Gasteiger partial charge in [0.1, 0.15) is 12.4 Å². The van der Waals surface area contributed by atoms with Gasteiger partial charge in [0.2, 0.25) is 5.90 Å². The van der Waals surface area contributed by atoms with Crippen LogP contribution in [0.15, 0.2) is 41.4 Å². The average molecular weight is 535 g/mol. The van der Waals surface area contributed by atoms with Gasteiger partial charge in [-0.05, 0) is 48.0 Å². The van der Waals surface area contributed by atoms with Crippen molar-refractivity contribution in [3.8, 4) is 0 Å². The Hall–Kier alpha value is -2.15. The number of rotatable bonds is 9. The molecule has 2 aromatic rings.